The number of rotatable bonds is 4. The molecule has 0 radical (unpaired) electrons. The molecule has 7 atom stereocenters. The summed E-state index contributed by atoms with van der Waals surface area (Å²) in [5.74, 6) is -0.937. The molecule has 0 aromatic heterocycles. The SMILES string of the molecule is CNS(=O)(=O)C1=CC(C)C(N2CCC3NC(C4C(F)=CCCC4F)CC32)C=C1. The Hall–Kier alpha value is -1.09. The number of nitrogens with zero attached hydrogens (tertiary/aromatic N) is 1. The molecule has 4 rings (SSSR count). The molecule has 2 N–H and O–H groups in total. The molecule has 0 aromatic carbocycles. The van der Waals surface area contributed by atoms with E-state index in [4.69, 9.17) is 0 Å². The quantitative estimate of drug-likeness (QED) is 0.743. The lowest BCUT2D eigenvalue weighted by Crippen LogP contribution is -2.44. The number of sulfonamides is 1. The van der Waals surface area contributed by atoms with Crippen molar-refractivity contribution in [2.75, 3.05) is 13.6 Å². The Kier molecular flexibility index (Phi) is 5.50. The van der Waals surface area contributed by atoms with Crippen LogP contribution in [0.15, 0.2) is 35.0 Å². The average molecular weight is 414 g/mol. The Labute approximate surface area is 166 Å². The van der Waals surface area contributed by atoms with Gasteiger partial charge < -0.3 is 5.32 Å². The third kappa shape index (κ3) is 3.49. The summed E-state index contributed by atoms with van der Waals surface area (Å²) in [6, 6.07) is 0.376. The van der Waals surface area contributed by atoms with Crippen molar-refractivity contribution in [2.45, 2.75) is 62.9 Å². The monoisotopic (exact) mass is 413 g/mol. The molecule has 4 aliphatic rings. The molecule has 7 unspecified atom stereocenters. The molecule has 2 saturated heterocycles. The van der Waals surface area contributed by atoms with Gasteiger partial charge in [0.2, 0.25) is 10.0 Å². The van der Waals surface area contributed by atoms with E-state index in [9.17, 15) is 17.2 Å². The van der Waals surface area contributed by atoms with E-state index < -0.39 is 22.1 Å². The second-order valence-electron chi connectivity index (χ2n) is 8.40. The second-order valence-corrected chi connectivity index (χ2v) is 10.3. The number of hydrogen-bond acceptors (Lipinski definition) is 4. The van der Waals surface area contributed by atoms with Crippen LogP contribution in [0.5, 0.6) is 0 Å². The molecule has 0 spiro atoms. The van der Waals surface area contributed by atoms with Crippen LogP contribution >= 0.6 is 0 Å². The molecule has 0 saturated carbocycles. The van der Waals surface area contributed by atoms with Gasteiger partial charge in [0.25, 0.3) is 0 Å². The lowest BCUT2D eigenvalue weighted by molar-refractivity contribution is 0.151. The fourth-order valence-electron chi connectivity index (χ4n) is 5.40. The third-order valence-corrected chi connectivity index (χ3v) is 8.25. The van der Waals surface area contributed by atoms with Gasteiger partial charge >= 0.3 is 0 Å². The summed E-state index contributed by atoms with van der Waals surface area (Å²) >= 11 is 0. The average Bonchev–Trinajstić information content (AvgIpc) is 3.22. The van der Waals surface area contributed by atoms with E-state index in [1.54, 1.807) is 12.2 Å². The zero-order valence-electron chi connectivity index (χ0n) is 16.3. The number of allylic oxidation sites excluding steroid dienone is 2. The molecule has 2 heterocycles. The number of fused-ring (bicyclic) bond motifs is 1. The maximum atomic E-state index is 14.4. The number of halogens is 2. The fourth-order valence-corrected chi connectivity index (χ4v) is 6.29. The van der Waals surface area contributed by atoms with Gasteiger partial charge in [-0.15, -0.1) is 0 Å². The van der Waals surface area contributed by atoms with Crippen LogP contribution in [0.25, 0.3) is 0 Å². The van der Waals surface area contributed by atoms with E-state index in [1.807, 2.05) is 13.0 Å². The molecule has 5 nitrogen and oxygen atoms in total. The minimum absolute atomic E-state index is 0.0427. The molecule has 2 fully saturated rings. The summed E-state index contributed by atoms with van der Waals surface area (Å²) in [6.45, 7) is 2.92. The highest BCUT2D eigenvalue weighted by molar-refractivity contribution is 7.93. The fraction of sp³-hybridized carbons (Fsp3) is 0.700. The predicted molar refractivity (Wildman–Crippen MR) is 105 cm³/mol. The van der Waals surface area contributed by atoms with Crippen LogP contribution in [0.4, 0.5) is 8.78 Å². The molecule has 8 heteroatoms. The van der Waals surface area contributed by atoms with Gasteiger partial charge in [-0.2, -0.15) is 0 Å². The zero-order chi connectivity index (χ0) is 20.1. The van der Waals surface area contributed by atoms with Gasteiger partial charge in [0.05, 0.1) is 10.8 Å². The van der Waals surface area contributed by atoms with Crippen molar-refractivity contribution in [3.8, 4) is 0 Å². The van der Waals surface area contributed by atoms with Crippen molar-refractivity contribution in [3.05, 3.63) is 35.0 Å². The molecule has 0 bridgehead atoms. The molecule has 2 aliphatic carbocycles. The third-order valence-electron chi connectivity index (χ3n) is 6.82. The van der Waals surface area contributed by atoms with E-state index in [-0.39, 0.29) is 35.9 Å². The van der Waals surface area contributed by atoms with Gasteiger partial charge in [0, 0.05) is 30.7 Å². The van der Waals surface area contributed by atoms with Crippen molar-refractivity contribution in [3.63, 3.8) is 0 Å². The van der Waals surface area contributed by atoms with Crippen LogP contribution in [0.2, 0.25) is 0 Å². The molecular weight excluding hydrogens is 384 g/mol. The highest BCUT2D eigenvalue weighted by Gasteiger charge is 2.49. The van der Waals surface area contributed by atoms with Gasteiger partial charge in [0.1, 0.15) is 12.0 Å². The van der Waals surface area contributed by atoms with Gasteiger partial charge in [-0.05, 0) is 44.7 Å². The summed E-state index contributed by atoms with van der Waals surface area (Å²) in [6.07, 6.45) is 8.38. The van der Waals surface area contributed by atoms with Crippen molar-refractivity contribution >= 4 is 10.0 Å². The Balaban J connectivity index is 1.48. The van der Waals surface area contributed by atoms with E-state index in [0.29, 0.717) is 17.7 Å². The van der Waals surface area contributed by atoms with Crippen molar-refractivity contribution < 1.29 is 17.2 Å². The highest BCUT2D eigenvalue weighted by atomic mass is 32.2. The summed E-state index contributed by atoms with van der Waals surface area (Å²) in [4.78, 5) is 2.68. The number of hydrogen-bond donors (Lipinski definition) is 2. The van der Waals surface area contributed by atoms with Gasteiger partial charge in [-0.25, -0.2) is 21.9 Å². The Morgan fingerprint density at radius 2 is 2.07 bits per heavy atom. The second kappa shape index (κ2) is 7.63. The van der Waals surface area contributed by atoms with Crippen LogP contribution < -0.4 is 10.0 Å². The van der Waals surface area contributed by atoms with Crippen LogP contribution in [0.1, 0.15) is 32.6 Å². The maximum absolute atomic E-state index is 14.4. The number of nitrogens with one attached hydrogen (secondary N) is 2. The standard InChI is InChI=1S/C20H29F2N3O2S/c1-12-10-13(28(26,27)23-2)6-7-18(12)25-9-8-16-19(25)11-17(24-16)20-14(21)4-3-5-15(20)22/h4,6-7,10,12,15-20,23-24H,3,5,8-9,11H2,1-2H3. The van der Waals surface area contributed by atoms with Crippen LogP contribution in [0, 0.1) is 11.8 Å². The van der Waals surface area contributed by atoms with Crippen molar-refractivity contribution in [1.82, 2.24) is 14.9 Å². The van der Waals surface area contributed by atoms with Gasteiger partial charge in [-0.3, -0.25) is 4.90 Å². The van der Waals surface area contributed by atoms with Crippen molar-refractivity contribution in [2.24, 2.45) is 11.8 Å². The highest BCUT2D eigenvalue weighted by Crippen LogP contribution is 2.40. The zero-order valence-corrected chi connectivity index (χ0v) is 17.1. The van der Waals surface area contributed by atoms with Crippen LogP contribution in [-0.4, -0.2) is 57.2 Å². The molecule has 28 heavy (non-hydrogen) atoms. The van der Waals surface area contributed by atoms with Crippen molar-refractivity contribution in [1.29, 1.82) is 0 Å². The van der Waals surface area contributed by atoms with E-state index in [0.717, 1.165) is 19.4 Å². The summed E-state index contributed by atoms with van der Waals surface area (Å²) < 4.78 is 55.2. The Morgan fingerprint density at radius 3 is 2.75 bits per heavy atom. The first kappa shape index (κ1) is 20.2. The summed E-state index contributed by atoms with van der Waals surface area (Å²) in [5, 5.41) is 3.50. The largest absolute Gasteiger partial charge is 0.309 e. The van der Waals surface area contributed by atoms with Gasteiger partial charge in [0.15, 0.2) is 0 Å². The number of alkyl halides is 1. The van der Waals surface area contributed by atoms with E-state index >= 15 is 0 Å². The van der Waals surface area contributed by atoms with E-state index in [1.165, 1.54) is 13.1 Å². The summed E-state index contributed by atoms with van der Waals surface area (Å²) in [5.41, 5.74) is 0. The normalized spacial score (nSPS) is 41.6. The van der Waals surface area contributed by atoms with Gasteiger partial charge in [-0.1, -0.05) is 25.2 Å². The van der Waals surface area contributed by atoms with Crippen LogP contribution in [0.3, 0.4) is 0 Å². The molecule has 2 aliphatic heterocycles. The molecular formula is C20H29F2N3O2S. The molecule has 156 valence electrons. The molecule has 0 aromatic rings. The smallest absolute Gasteiger partial charge is 0.239 e. The first-order valence-corrected chi connectivity index (χ1v) is 11.6. The van der Waals surface area contributed by atoms with Crippen LogP contribution in [-0.2, 0) is 10.0 Å². The lowest BCUT2D eigenvalue weighted by Gasteiger charge is -2.36. The topological polar surface area (TPSA) is 61.4 Å². The van der Waals surface area contributed by atoms with E-state index in [2.05, 4.69) is 14.9 Å². The maximum Gasteiger partial charge on any atom is 0.239 e. The molecule has 0 amide bonds. The minimum atomic E-state index is -3.45. The number of likely N-dealkylation sites (tertiary alicyclic amines) is 1. The first-order valence-electron chi connectivity index (χ1n) is 10.2. The Morgan fingerprint density at radius 1 is 1.29 bits per heavy atom. The first-order chi connectivity index (χ1) is 13.3. The minimum Gasteiger partial charge on any atom is -0.309 e. The summed E-state index contributed by atoms with van der Waals surface area (Å²) in [7, 11) is -2.04. The predicted octanol–water partition coefficient (Wildman–Crippen LogP) is 2.40. The lowest BCUT2D eigenvalue weighted by atomic mass is 9.85. The Bertz CT molecular complexity index is 810.